The number of carboxylic acids is 1. The summed E-state index contributed by atoms with van der Waals surface area (Å²) in [5.74, 6) is -1.07. The maximum Gasteiger partial charge on any atom is 0.310 e. The summed E-state index contributed by atoms with van der Waals surface area (Å²) in [5, 5.41) is 9.32. The summed E-state index contributed by atoms with van der Waals surface area (Å²) in [7, 11) is 0. The van der Waals surface area contributed by atoms with Crippen molar-refractivity contribution < 1.29 is 14.6 Å². The molecule has 5 heteroatoms. The van der Waals surface area contributed by atoms with E-state index in [9.17, 15) is 9.90 Å². The summed E-state index contributed by atoms with van der Waals surface area (Å²) >= 11 is 1.95. The number of rotatable bonds is 7. The molecule has 0 aromatic carbocycles. The molecule has 0 spiro atoms. The van der Waals surface area contributed by atoms with Crippen molar-refractivity contribution in [2.24, 2.45) is 5.92 Å². The number of ether oxygens (including phenoxy) is 1. The maximum absolute atomic E-state index is 11.3. The van der Waals surface area contributed by atoms with Crippen molar-refractivity contribution in [2.75, 3.05) is 32.6 Å². The van der Waals surface area contributed by atoms with Crippen LogP contribution in [0.3, 0.4) is 0 Å². The predicted octanol–water partition coefficient (Wildman–Crippen LogP) is 2.08. The number of carboxylic acid groups (broad SMARTS) is 1. The monoisotopic (exact) mass is 287 g/mol. The zero-order valence-corrected chi connectivity index (χ0v) is 12.7. The normalized spacial score (nSPS) is 29.4. The zero-order chi connectivity index (χ0) is 13.9. The van der Waals surface area contributed by atoms with Crippen molar-refractivity contribution in [3.8, 4) is 0 Å². The highest BCUT2D eigenvalue weighted by molar-refractivity contribution is 8.00. The van der Waals surface area contributed by atoms with Gasteiger partial charge in [-0.25, -0.2) is 0 Å². The fraction of sp³-hybridized carbons (Fsp3) is 0.929. The van der Waals surface area contributed by atoms with E-state index in [1.165, 1.54) is 19.3 Å². The lowest BCUT2D eigenvalue weighted by atomic mass is 9.83. The van der Waals surface area contributed by atoms with Crippen LogP contribution in [0.25, 0.3) is 0 Å². The summed E-state index contributed by atoms with van der Waals surface area (Å²) in [6.07, 6.45) is 7.08. The number of aliphatic carboxylic acids is 1. The summed E-state index contributed by atoms with van der Waals surface area (Å²) in [5.41, 5.74) is 0. The van der Waals surface area contributed by atoms with E-state index in [2.05, 4.69) is 18.1 Å². The van der Waals surface area contributed by atoms with Gasteiger partial charge in [-0.2, -0.15) is 11.8 Å². The van der Waals surface area contributed by atoms with Crippen LogP contribution in [-0.4, -0.2) is 59.3 Å². The molecule has 2 aliphatic rings. The van der Waals surface area contributed by atoms with Gasteiger partial charge in [-0.1, -0.05) is 13.3 Å². The minimum atomic E-state index is -0.713. The van der Waals surface area contributed by atoms with Gasteiger partial charge in [-0.05, 0) is 32.1 Å². The molecule has 0 radical (unpaired) electrons. The molecule has 0 aromatic heterocycles. The molecule has 1 saturated heterocycles. The Hall–Kier alpha value is -0.260. The van der Waals surface area contributed by atoms with Gasteiger partial charge in [0.2, 0.25) is 0 Å². The van der Waals surface area contributed by atoms with Crippen molar-refractivity contribution in [3.63, 3.8) is 0 Å². The molecular formula is C14H25NO3S. The lowest BCUT2D eigenvalue weighted by Gasteiger charge is -2.45. The molecule has 2 fully saturated rings. The topological polar surface area (TPSA) is 49.8 Å². The number of carbonyl (C=O) groups is 1. The van der Waals surface area contributed by atoms with Crippen LogP contribution >= 0.6 is 11.8 Å². The smallest absolute Gasteiger partial charge is 0.310 e. The Morgan fingerprint density at radius 3 is 2.68 bits per heavy atom. The summed E-state index contributed by atoms with van der Waals surface area (Å²) in [6, 6.07) is 0.0575. The molecule has 1 aliphatic heterocycles. The molecule has 0 bridgehead atoms. The number of thioether (sulfide) groups is 1. The minimum Gasteiger partial charge on any atom is -0.481 e. The van der Waals surface area contributed by atoms with Crippen LogP contribution in [0.1, 0.15) is 32.6 Å². The molecule has 1 saturated carbocycles. The van der Waals surface area contributed by atoms with Crippen LogP contribution in [0.5, 0.6) is 0 Å². The second-order valence-electron chi connectivity index (χ2n) is 5.76. The predicted molar refractivity (Wildman–Crippen MR) is 77.7 cm³/mol. The molecule has 110 valence electrons. The molecule has 0 aromatic rings. The summed E-state index contributed by atoms with van der Waals surface area (Å²) in [6.45, 7) is 5.08. The number of nitrogens with zero attached hydrogens (tertiary/aromatic N) is 1. The van der Waals surface area contributed by atoms with E-state index in [0.717, 1.165) is 19.5 Å². The Balaban J connectivity index is 2.04. The highest BCUT2D eigenvalue weighted by Crippen LogP contribution is 2.44. The zero-order valence-electron chi connectivity index (χ0n) is 11.9. The first-order chi connectivity index (χ1) is 9.12. The SMILES string of the molecule is CCCN(CC1(SC)CCC1)C1COCC1C(=O)O. The highest BCUT2D eigenvalue weighted by Gasteiger charge is 2.43. The van der Waals surface area contributed by atoms with Gasteiger partial charge in [-0.15, -0.1) is 0 Å². The van der Waals surface area contributed by atoms with Gasteiger partial charge in [0.05, 0.1) is 19.1 Å². The van der Waals surface area contributed by atoms with Gasteiger partial charge < -0.3 is 9.84 Å². The largest absolute Gasteiger partial charge is 0.481 e. The lowest BCUT2D eigenvalue weighted by molar-refractivity contribution is -0.143. The first-order valence-corrected chi connectivity index (χ1v) is 8.44. The molecular weight excluding hydrogens is 262 g/mol. The van der Waals surface area contributed by atoms with Gasteiger partial charge >= 0.3 is 5.97 Å². The van der Waals surface area contributed by atoms with Crippen molar-refractivity contribution in [1.82, 2.24) is 4.90 Å². The molecule has 19 heavy (non-hydrogen) atoms. The van der Waals surface area contributed by atoms with Crippen LogP contribution in [0.15, 0.2) is 0 Å². The van der Waals surface area contributed by atoms with E-state index in [1.54, 1.807) is 0 Å². The van der Waals surface area contributed by atoms with Gasteiger partial charge in [0.25, 0.3) is 0 Å². The fourth-order valence-corrected chi connectivity index (χ4v) is 4.15. The molecule has 4 nitrogen and oxygen atoms in total. The average molecular weight is 287 g/mol. The number of hydrogen-bond acceptors (Lipinski definition) is 4. The standard InChI is InChI=1S/C14H25NO3S/c1-3-7-15(10-14(19-2)5-4-6-14)12-9-18-8-11(12)13(16)17/h11-12H,3-10H2,1-2H3,(H,16,17). The molecule has 1 heterocycles. The average Bonchev–Trinajstić information content (AvgIpc) is 2.81. The van der Waals surface area contributed by atoms with Crippen molar-refractivity contribution in [3.05, 3.63) is 0 Å². The second-order valence-corrected chi connectivity index (χ2v) is 7.03. The van der Waals surface area contributed by atoms with Crippen LogP contribution in [-0.2, 0) is 9.53 Å². The van der Waals surface area contributed by atoms with E-state index in [4.69, 9.17) is 4.74 Å². The molecule has 2 rings (SSSR count). The third kappa shape index (κ3) is 3.26. The van der Waals surface area contributed by atoms with Gasteiger partial charge in [0, 0.05) is 17.3 Å². The Bertz CT molecular complexity index is 314. The number of hydrogen-bond donors (Lipinski definition) is 1. The first kappa shape index (κ1) is 15.1. The van der Waals surface area contributed by atoms with E-state index < -0.39 is 5.97 Å². The Labute approximate surface area is 119 Å². The third-order valence-electron chi connectivity index (χ3n) is 4.54. The van der Waals surface area contributed by atoms with Gasteiger partial charge in [0.1, 0.15) is 0 Å². The van der Waals surface area contributed by atoms with Crippen LogP contribution in [0.2, 0.25) is 0 Å². The van der Waals surface area contributed by atoms with Crippen LogP contribution < -0.4 is 0 Å². The Kier molecular flexibility index (Phi) is 5.15. The molecule has 2 unspecified atom stereocenters. The highest BCUT2D eigenvalue weighted by atomic mass is 32.2. The van der Waals surface area contributed by atoms with Crippen molar-refractivity contribution in [1.29, 1.82) is 0 Å². The molecule has 0 amide bonds. The van der Waals surface area contributed by atoms with Crippen LogP contribution in [0, 0.1) is 5.92 Å². The van der Waals surface area contributed by atoms with Gasteiger partial charge in [0.15, 0.2) is 0 Å². The Morgan fingerprint density at radius 1 is 1.47 bits per heavy atom. The van der Waals surface area contributed by atoms with Crippen LogP contribution in [0.4, 0.5) is 0 Å². The fourth-order valence-electron chi connectivity index (χ4n) is 3.16. The van der Waals surface area contributed by atoms with Gasteiger partial charge in [-0.3, -0.25) is 9.69 Å². The third-order valence-corrected chi connectivity index (χ3v) is 5.94. The van der Waals surface area contributed by atoms with E-state index in [-0.39, 0.29) is 12.0 Å². The molecule has 1 aliphatic carbocycles. The van der Waals surface area contributed by atoms with E-state index in [1.807, 2.05) is 11.8 Å². The minimum absolute atomic E-state index is 0.0575. The summed E-state index contributed by atoms with van der Waals surface area (Å²) < 4.78 is 5.79. The second kappa shape index (κ2) is 6.46. The molecule has 1 N–H and O–H groups in total. The summed E-state index contributed by atoms with van der Waals surface area (Å²) in [4.78, 5) is 13.7. The van der Waals surface area contributed by atoms with E-state index >= 15 is 0 Å². The van der Waals surface area contributed by atoms with E-state index in [0.29, 0.717) is 18.0 Å². The van der Waals surface area contributed by atoms with Crippen molar-refractivity contribution >= 4 is 17.7 Å². The Morgan fingerprint density at radius 2 is 2.21 bits per heavy atom. The lowest BCUT2D eigenvalue weighted by Crippen LogP contribution is -2.52. The first-order valence-electron chi connectivity index (χ1n) is 7.21. The van der Waals surface area contributed by atoms with Crippen molar-refractivity contribution in [2.45, 2.75) is 43.4 Å². The quantitative estimate of drug-likeness (QED) is 0.777. The molecule has 2 atom stereocenters. The maximum atomic E-state index is 11.3.